The van der Waals surface area contributed by atoms with Crippen LogP contribution in [0.3, 0.4) is 0 Å². The van der Waals surface area contributed by atoms with Crippen molar-refractivity contribution in [1.82, 2.24) is 14.8 Å². The third-order valence-corrected chi connectivity index (χ3v) is 7.01. The number of para-hydroxylation sites is 1. The number of hydrogen-bond donors (Lipinski definition) is 1. The molecule has 182 valence electrons. The Morgan fingerprint density at radius 2 is 1.69 bits per heavy atom. The second-order valence-electron chi connectivity index (χ2n) is 8.49. The molecule has 0 radical (unpaired) electrons. The monoisotopic (exact) mass is 498 g/mol. The maximum atomic E-state index is 6.70. The zero-order valence-electron chi connectivity index (χ0n) is 20.3. The van der Waals surface area contributed by atoms with Crippen LogP contribution in [-0.4, -0.2) is 34.7 Å². The van der Waals surface area contributed by atoms with Gasteiger partial charge in [-0.05, 0) is 60.7 Å². The number of benzene rings is 3. The second-order valence-corrected chi connectivity index (χ2v) is 9.27. The Balaban J connectivity index is 1.56. The fourth-order valence-corrected chi connectivity index (χ4v) is 5.18. The highest BCUT2D eigenvalue weighted by molar-refractivity contribution is 7.98. The summed E-state index contributed by atoms with van der Waals surface area (Å²) in [6.07, 6.45) is 1.65. The molecule has 0 bridgehead atoms. The summed E-state index contributed by atoms with van der Waals surface area (Å²) in [6.45, 7) is 2.61. The quantitative estimate of drug-likeness (QED) is 0.329. The summed E-state index contributed by atoms with van der Waals surface area (Å²) in [4.78, 5) is 4.76. The molecule has 2 atom stereocenters. The van der Waals surface area contributed by atoms with Crippen LogP contribution in [0.2, 0.25) is 0 Å². The predicted molar refractivity (Wildman–Crippen MR) is 141 cm³/mol. The summed E-state index contributed by atoms with van der Waals surface area (Å²) in [5, 5.41) is 9.15. The van der Waals surface area contributed by atoms with Gasteiger partial charge in [0.25, 0.3) is 0 Å². The molecular weight excluding hydrogens is 472 g/mol. The Morgan fingerprint density at radius 3 is 2.42 bits per heavy atom. The Labute approximate surface area is 214 Å². The van der Waals surface area contributed by atoms with Crippen LogP contribution in [0.1, 0.15) is 35.8 Å². The van der Waals surface area contributed by atoms with Gasteiger partial charge in [-0.1, -0.05) is 48.2 Å². The zero-order valence-corrected chi connectivity index (χ0v) is 21.1. The molecule has 3 heterocycles. The van der Waals surface area contributed by atoms with Crippen LogP contribution in [0.15, 0.2) is 83.5 Å². The standard InChI is InChI=1S/C28H26N4O3S/c1-4-34-20-15-11-18(12-16-20)26-23-24(21-7-5-6-8-22(21)35-26)29-27-30-28(36-3)31-32(27)25(23)17-9-13-19(33-2)14-10-17/h5-16,25-26H,4H2,1-3H3,(H,29,30,31)/t25-,26-/m0/s1. The van der Waals surface area contributed by atoms with Crippen molar-refractivity contribution in [3.8, 4) is 17.2 Å². The van der Waals surface area contributed by atoms with E-state index in [9.17, 15) is 0 Å². The minimum Gasteiger partial charge on any atom is -0.497 e. The lowest BCUT2D eigenvalue weighted by molar-refractivity contribution is 0.222. The first-order chi connectivity index (χ1) is 17.7. The molecule has 6 rings (SSSR count). The largest absolute Gasteiger partial charge is 0.497 e. The zero-order chi connectivity index (χ0) is 24.6. The van der Waals surface area contributed by atoms with Crippen molar-refractivity contribution < 1.29 is 14.2 Å². The van der Waals surface area contributed by atoms with Crippen molar-refractivity contribution in [2.45, 2.75) is 24.2 Å². The first-order valence-corrected chi connectivity index (χ1v) is 13.1. The number of rotatable bonds is 6. The lowest BCUT2D eigenvalue weighted by Crippen LogP contribution is -2.32. The van der Waals surface area contributed by atoms with Gasteiger partial charge < -0.3 is 19.5 Å². The fourth-order valence-electron chi connectivity index (χ4n) is 4.83. The van der Waals surface area contributed by atoms with Gasteiger partial charge in [-0.15, -0.1) is 5.10 Å². The molecule has 8 heteroatoms. The van der Waals surface area contributed by atoms with Crippen LogP contribution in [-0.2, 0) is 0 Å². The van der Waals surface area contributed by atoms with Crippen LogP contribution < -0.4 is 19.5 Å². The SMILES string of the molecule is CCOc1ccc([C@@H]2Oc3ccccc3C3=C2[C@H](c2ccc(OC)cc2)n2nc(SC)nc2N3)cc1. The van der Waals surface area contributed by atoms with Crippen LogP contribution in [0.25, 0.3) is 5.70 Å². The van der Waals surface area contributed by atoms with E-state index in [1.807, 2.05) is 60.3 Å². The predicted octanol–water partition coefficient (Wildman–Crippen LogP) is 5.97. The molecule has 1 N–H and O–H groups in total. The Morgan fingerprint density at radius 1 is 0.972 bits per heavy atom. The molecule has 36 heavy (non-hydrogen) atoms. The Kier molecular flexibility index (Phi) is 5.81. The number of methoxy groups -OCH3 is 1. The average Bonchev–Trinajstić information content (AvgIpc) is 3.35. The van der Waals surface area contributed by atoms with Crippen LogP contribution >= 0.6 is 11.8 Å². The molecular formula is C28H26N4O3S. The minimum atomic E-state index is -0.333. The molecule has 0 aliphatic carbocycles. The van der Waals surface area contributed by atoms with E-state index in [-0.39, 0.29) is 12.1 Å². The van der Waals surface area contributed by atoms with Crippen LogP contribution in [0.5, 0.6) is 17.2 Å². The highest BCUT2D eigenvalue weighted by Crippen LogP contribution is 2.51. The van der Waals surface area contributed by atoms with E-state index in [0.717, 1.165) is 45.2 Å². The van der Waals surface area contributed by atoms with Crippen LogP contribution in [0, 0.1) is 0 Å². The molecule has 2 aliphatic heterocycles. The summed E-state index contributed by atoms with van der Waals surface area (Å²) in [5.41, 5.74) is 5.20. The highest BCUT2D eigenvalue weighted by atomic mass is 32.2. The van der Waals surface area contributed by atoms with E-state index in [1.165, 1.54) is 11.8 Å². The van der Waals surface area contributed by atoms with Gasteiger partial charge in [0.15, 0.2) is 0 Å². The van der Waals surface area contributed by atoms with Gasteiger partial charge in [0, 0.05) is 11.1 Å². The van der Waals surface area contributed by atoms with Crippen molar-refractivity contribution >= 4 is 23.4 Å². The molecule has 1 aromatic heterocycles. The number of ether oxygens (including phenoxy) is 3. The molecule has 0 amide bonds. The summed E-state index contributed by atoms with van der Waals surface area (Å²) in [5.74, 6) is 3.18. The Hall–Kier alpha value is -3.91. The van der Waals surface area contributed by atoms with Gasteiger partial charge in [-0.2, -0.15) is 4.98 Å². The summed E-state index contributed by atoms with van der Waals surface area (Å²) in [6, 6.07) is 24.2. The third kappa shape index (κ3) is 3.78. The number of aromatic nitrogens is 3. The summed E-state index contributed by atoms with van der Waals surface area (Å²) < 4.78 is 19.8. The number of anilines is 1. The molecule has 2 aliphatic rings. The fraction of sp³-hybridized carbons (Fsp3) is 0.214. The van der Waals surface area contributed by atoms with Crippen molar-refractivity contribution in [3.05, 3.63) is 95.1 Å². The van der Waals surface area contributed by atoms with E-state index in [2.05, 4.69) is 35.6 Å². The van der Waals surface area contributed by atoms with E-state index in [1.54, 1.807) is 7.11 Å². The van der Waals surface area contributed by atoms with Gasteiger partial charge in [0.05, 0.1) is 19.4 Å². The molecule has 3 aromatic carbocycles. The normalized spacial score (nSPS) is 17.9. The van der Waals surface area contributed by atoms with E-state index >= 15 is 0 Å². The average molecular weight is 499 g/mol. The van der Waals surface area contributed by atoms with Gasteiger partial charge in [0.1, 0.15) is 29.4 Å². The lowest BCUT2D eigenvalue weighted by Gasteiger charge is -2.39. The smallest absolute Gasteiger partial charge is 0.227 e. The number of nitrogens with one attached hydrogen (secondary N) is 1. The molecule has 0 saturated heterocycles. The first-order valence-electron chi connectivity index (χ1n) is 11.8. The minimum absolute atomic E-state index is 0.222. The second kappa shape index (κ2) is 9.28. The molecule has 4 aromatic rings. The third-order valence-electron chi connectivity index (χ3n) is 6.47. The van der Waals surface area contributed by atoms with Crippen molar-refractivity contribution in [2.75, 3.05) is 25.3 Å². The van der Waals surface area contributed by atoms with E-state index < -0.39 is 0 Å². The maximum absolute atomic E-state index is 6.70. The number of fused-ring (bicyclic) bond motifs is 3. The van der Waals surface area contributed by atoms with Crippen molar-refractivity contribution in [1.29, 1.82) is 0 Å². The summed E-state index contributed by atoms with van der Waals surface area (Å²) >= 11 is 1.52. The molecule has 7 nitrogen and oxygen atoms in total. The number of thioether (sulfide) groups is 1. The molecule has 0 saturated carbocycles. The molecule has 0 fully saturated rings. The number of nitrogens with zero attached hydrogens (tertiary/aromatic N) is 3. The highest BCUT2D eigenvalue weighted by Gasteiger charge is 2.41. The lowest BCUT2D eigenvalue weighted by atomic mass is 9.84. The molecule has 0 spiro atoms. The summed E-state index contributed by atoms with van der Waals surface area (Å²) in [7, 11) is 1.67. The van der Waals surface area contributed by atoms with Crippen molar-refractivity contribution in [2.24, 2.45) is 0 Å². The van der Waals surface area contributed by atoms with Crippen molar-refractivity contribution in [3.63, 3.8) is 0 Å². The van der Waals surface area contributed by atoms with Gasteiger partial charge in [-0.3, -0.25) is 0 Å². The first kappa shape index (κ1) is 22.5. The van der Waals surface area contributed by atoms with E-state index in [4.69, 9.17) is 24.3 Å². The topological polar surface area (TPSA) is 70.4 Å². The van der Waals surface area contributed by atoms with Gasteiger partial charge in [-0.25, -0.2) is 4.68 Å². The molecule has 0 unspecified atom stereocenters. The number of hydrogen-bond acceptors (Lipinski definition) is 7. The maximum Gasteiger partial charge on any atom is 0.227 e. The Bertz CT molecular complexity index is 1430. The van der Waals surface area contributed by atoms with Crippen LogP contribution in [0.4, 0.5) is 5.95 Å². The van der Waals surface area contributed by atoms with E-state index in [0.29, 0.717) is 17.7 Å². The van der Waals surface area contributed by atoms with Gasteiger partial charge >= 0.3 is 0 Å². The van der Waals surface area contributed by atoms with Gasteiger partial charge in [0.2, 0.25) is 11.1 Å².